The van der Waals surface area contributed by atoms with Gasteiger partial charge in [0.15, 0.2) is 5.82 Å². The van der Waals surface area contributed by atoms with Crippen LogP contribution in [0.1, 0.15) is 25.2 Å². The van der Waals surface area contributed by atoms with Crippen molar-refractivity contribution >= 4 is 17.3 Å². The molecule has 0 aliphatic rings. The molecule has 0 aliphatic carbocycles. The molecule has 0 bridgehead atoms. The molecule has 0 unspecified atom stereocenters. The van der Waals surface area contributed by atoms with Crippen molar-refractivity contribution < 1.29 is 9.13 Å². The molecule has 0 radical (unpaired) electrons. The Balaban J connectivity index is 2.58. The fourth-order valence-electron chi connectivity index (χ4n) is 1.91. The third-order valence-electron chi connectivity index (χ3n) is 2.94. The fraction of sp³-hybridized carbons (Fsp3) is 0.357. The molecule has 20 heavy (non-hydrogen) atoms. The number of nitrogens with zero attached hydrogens (tertiary/aromatic N) is 2. The van der Waals surface area contributed by atoms with Crippen LogP contribution in [0.4, 0.5) is 10.1 Å². The van der Waals surface area contributed by atoms with Gasteiger partial charge in [-0.15, -0.1) is 0 Å². The molecule has 2 rings (SSSR count). The monoisotopic (exact) mass is 297 g/mol. The molecule has 0 aliphatic heterocycles. The molecule has 0 spiro atoms. The first-order valence-electron chi connectivity index (χ1n) is 6.29. The Morgan fingerprint density at radius 2 is 2.00 bits per heavy atom. The number of hydrogen-bond donors (Lipinski definition) is 1. The molecule has 0 amide bonds. The van der Waals surface area contributed by atoms with Crippen LogP contribution in [0.5, 0.6) is 5.75 Å². The van der Waals surface area contributed by atoms with E-state index in [1.165, 1.54) is 16.8 Å². The summed E-state index contributed by atoms with van der Waals surface area (Å²) in [5, 5.41) is 4.47. The highest BCUT2D eigenvalue weighted by Gasteiger charge is 2.17. The summed E-state index contributed by atoms with van der Waals surface area (Å²) in [5.41, 5.74) is 8.02. The standard InChI is InChI=1S/C14H17ClFN3O/c1-7(2)20-13-6-12(11(16)5-10(13)15)19-9(4)14(17)8(3)18-19/h5-7H,17H2,1-4H3. The topological polar surface area (TPSA) is 53.1 Å². The number of ether oxygens (including phenoxy) is 1. The van der Waals surface area contributed by atoms with E-state index < -0.39 is 5.82 Å². The Bertz CT molecular complexity index is 652. The second-order valence-electron chi connectivity index (χ2n) is 4.90. The van der Waals surface area contributed by atoms with Crippen LogP contribution in [-0.2, 0) is 0 Å². The summed E-state index contributed by atoms with van der Waals surface area (Å²) in [6.07, 6.45) is -0.0589. The molecule has 0 saturated heterocycles. The van der Waals surface area contributed by atoms with Gasteiger partial charge >= 0.3 is 0 Å². The van der Waals surface area contributed by atoms with Crippen molar-refractivity contribution in [3.8, 4) is 11.4 Å². The summed E-state index contributed by atoms with van der Waals surface area (Å²) in [6.45, 7) is 7.31. The molecule has 0 atom stereocenters. The van der Waals surface area contributed by atoms with Crippen molar-refractivity contribution in [2.45, 2.75) is 33.8 Å². The minimum Gasteiger partial charge on any atom is -0.489 e. The zero-order valence-corrected chi connectivity index (χ0v) is 12.6. The van der Waals surface area contributed by atoms with Crippen LogP contribution >= 0.6 is 11.6 Å². The normalized spacial score (nSPS) is 11.2. The third kappa shape index (κ3) is 2.58. The molecule has 6 heteroatoms. The lowest BCUT2D eigenvalue weighted by Gasteiger charge is -2.14. The SMILES string of the molecule is Cc1nn(-c2cc(OC(C)C)c(Cl)cc2F)c(C)c1N. The van der Waals surface area contributed by atoms with Crippen molar-refractivity contribution in [3.05, 3.63) is 34.4 Å². The van der Waals surface area contributed by atoms with Crippen molar-refractivity contribution in [1.82, 2.24) is 9.78 Å². The molecule has 1 aromatic heterocycles. The predicted molar refractivity (Wildman–Crippen MR) is 78.2 cm³/mol. The fourth-order valence-corrected chi connectivity index (χ4v) is 2.11. The Kier molecular flexibility index (Phi) is 3.90. The average Bonchev–Trinajstić information content (AvgIpc) is 2.60. The Morgan fingerprint density at radius 3 is 2.50 bits per heavy atom. The largest absolute Gasteiger partial charge is 0.489 e. The molecule has 1 aromatic carbocycles. The first kappa shape index (κ1) is 14.7. The van der Waals surface area contributed by atoms with E-state index in [2.05, 4.69) is 5.10 Å². The summed E-state index contributed by atoms with van der Waals surface area (Å²) < 4.78 is 21.2. The lowest BCUT2D eigenvalue weighted by Crippen LogP contribution is -2.08. The van der Waals surface area contributed by atoms with E-state index >= 15 is 0 Å². The maximum Gasteiger partial charge on any atom is 0.150 e. The van der Waals surface area contributed by atoms with Crippen LogP contribution in [0.15, 0.2) is 12.1 Å². The van der Waals surface area contributed by atoms with Gasteiger partial charge in [-0.2, -0.15) is 5.10 Å². The highest BCUT2D eigenvalue weighted by atomic mass is 35.5. The van der Waals surface area contributed by atoms with Gasteiger partial charge in [-0.1, -0.05) is 11.6 Å². The lowest BCUT2D eigenvalue weighted by molar-refractivity contribution is 0.242. The number of benzene rings is 1. The van der Waals surface area contributed by atoms with Crippen molar-refractivity contribution in [1.29, 1.82) is 0 Å². The summed E-state index contributed by atoms with van der Waals surface area (Å²) >= 11 is 5.99. The molecular weight excluding hydrogens is 281 g/mol. The maximum atomic E-state index is 14.1. The van der Waals surface area contributed by atoms with Crippen molar-refractivity contribution in [2.75, 3.05) is 5.73 Å². The van der Waals surface area contributed by atoms with E-state index in [9.17, 15) is 4.39 Å². The highest BCUT2D eigenvalue weighted by Crippen LogP contribution is 2.31. The van der Waals surface area contributed by atoms with Gasteiger partial charge in [-0.25, -0.2) is 9.07 Å². The summed E-state index contributed by atoms with van der Waals surface area (Å²) in [7, 11) is 0. The van der Waals surface area contributed by atoms with Gasteiger partial charge in [0.25, 0.3) is 0 Å². The minimum atomic E-state index is -0.475. The van der Waals surface area contributed by atoms with Gasteiger partial charge in [0.05, 0.1) is 28.2 Å². The van der Waals surface area contributed by atoms with Gasteiger partial charge in [0, 0.05) is 6.07 Å². The van der Waals surface area contributed by atoms with E-state index in [1.807, 2.05) is 13.8 Å². The number of rotatable bonds is 3. The van der Waals surface area contributed by atoms with Crippen LogP contribution in [-0.4, -0.2) is 15.9 Å². The molecule has 1 heterocycles. The molecule has 0 saturated carbocycles. The summed E-state index contributed by atoms with van der Waals surface area (Å²) in [6, 6.07) is 2.76. The third-order valence-corrected chi connectivity index (χ3v) is 3.23. The first-order valence-corrected chi connectivity index (χ1v) is 6.66. The number of aryl methyl sites for hydroxylation is 1. The molecular formula is C14H17ClFN3O. The van der Waals surface area contributed by atoms with E-state index in [4.69, 9.17) is 22.1 Å². The Morgan fingerprint density at radius 1 is 1.35 bits per heavy atom. The van der Waals surface area contributed by atoms with E-state index in [0.717, 1.165) is 0 Å². The van der Waals surface area contributed by atoms with Gasteiger partial charge in [-0.05, 0) is 33.8 Å². The number of nitrogen functional groups attached to an aromatic ring is 1. The molecule has 108 valence electrons. The lowest BCUT2D eigenvalue weighted by atomic mass is 10.2. The predicted octanol–water partition coefficient (Wildman–Crippen LogP) is 3.65. The molecule has 4 nitrogen and oxygen atoms in total. The van der Waals surface area contributed by atoms with Crippen LogP contribution in [0, 0.1) is 19.7 Å². The van der Waals surface area contributed by atoms with Crippen LogP contribution in [0.2, 0.25) is 5.02 Å². The number of halogens is 2. The zero-order chi connectivity index (χ0) is 15.0. The Labute approximate surface area is 122 Å². The van der Waals surface area contributed by atoms with Crippen LogP contribution < -0.4 is 10.5 Å². The minimum absolute atomic E-state index is 0.0589. The van der Waals surface area contributed by atoms with Gasteiger partial charge in [0.2, 0.25) is 0 Å². The number of aromatic nitrogens is 2. The number of anilines is 1. The van der Waals surface area contributed by atoms with Crippen molar-refractivity contribution in [2.24, 2.45) is 0 Å². The molecule has 0 fully saturated rings. The second-order valence-corrected chi connectivity index (χ2v) is 5.30. The van der Waals surface area contributed by atoms with Gasteiger partial charge < -0.3 is 10.5 Å². The average molecular weight is 298 g/mol. The van der Waals surface area contributed by atoms with E-state index in [1.54, 1.807) is 13.8 Å². The van der Waals surface area contributed by atoms with Gasteiger partial charge in [0.1, 0.15) is 11.4 Å². The van der Waals surface area contributed by atoms with Crippen LogP contribution in [0.3, 0.4) is 0 Å². The zero-order valence-electron chi connectivity index (χ0n) is 11.9. The summed E-state index contributed by atoms with van der Waals surface area (Å²) in [4.78, 5) is 0. The highest BCUT2D eigenvalue weighted by molar-refractivity contribution is 6.32. The van der Waals surface area contributed by atoms with E-state index in [-0.39, 0.29) is 16.8 Å². The molecule has 2 aromatic rings. The first-order chi connectivity index (χ1) is 9.31. The van der Waals surface area contributed by atoms with Crippen molar-refractivity contribution in [3.63, 3.8) is 0 Å². The second kappa shape index (κ2) is 5.32. The molecule has 2 N–H and O–H groups in total. The van der Waals surface area contributed by atoms with Gasteiger partial charge in [-0.3, -0.25) is 0 Å². The summed E-state index contributed by atoms with van der Waals surface area (Å²) in [5.74, 6) is -0.0547. The van der Waals surface area contributed by atoms with Crippen LogP contribution in [0.25, 0.3) is 5.69 Å². The van der Waals surface area contributed by atoms with E-state index in [0.29, 0.717) is 22.8 Å². The number of nitrogens with two attached hydrogens (primary N) is 1. The Hall–Kier alpha value is -1.75. The smallest absolute Gasteiger partial charge is 0.150 e. The maximum absolute atomic E-state index is 14.1. The number of hydrogen-bond acceptors (Lipinski definition) is 3. The quantitative estimate of drug-likeness (QED) is 0.941.